The van der Waals surface area contributed by atoms with Gasteiger partial charge in [0.2, 0.25) is 0 Å². The number of nitrogens with zero attached hydrogens (tertiary/aromatic N) is 1. The molecule has 3 rings (SSSR count). The fourth-order valence-corrected chi connectivity index (χ4v) is 4.85. The van der Waals surface area contributed by atoms with Gasteiger partial charge in [-0.2, -0.15) is 0 Å². The van der Waals surface area contributed by atoms with Crippen molar-refractivity contribution in [3.63, 3.8) is 0 Å². The molecule has 1 fully saturated rings. The van der Waals surface area contributed by atoms with Gasteiger partial charge >= 0.3 is 0 Å². The van der Waals surface area contributed by atoms with Crippen LogP contribution in [-0.2, 0) is 9.59 Å². The Morgan fingerprint density at radius 2 is 1.67 bits per heavy atom. The Bertz CT molecular complexity index is 748. The quantitative estimate of drug-likeness (QED) is 0.769. The number of benzene rings is 1. The Morgan fingerprint density at radius 3 is 2.30 bits per heavy atom. The third-order valence-electron chi connectivity index (χ3n) is 5.65. The maximum absolute atomic E-state index is 13.4. The summed E-state index contributed by atoms with van der Waals surface area (Å²) < 4.78 is 0. The molecule has 1 aliphatic heterocycles. The SMILES string of the molecule is Cc1ccc(C2=C(SCCO)C(=O)N(C3CCCCCCC3)C2=O)cc1C. The minimum absolute atomic E-state index is 0.000859. The summed E-state index contributed by atoms with van der Waals surface area (Å²) >= 11 is 1.30. The first-order valence-corrected chi connectivity index (χ1v) is 11.0. The predicted octanol–water partition coefficient (Wildman–Crippen LogP) is 4.22. The first-order chi connectivity index (χ1) is 13.0. The van der Waals surface area contributed by atoms with Gasteiger partial charge in [-0.1, -0.05) is 50.3 Å². The number of hydrogen-bond acceptors (Lipinski definition) is 4. The maximum atomic E-state index is 13.4. The highest BCUT2D eigenvalue weighted by Gasteiger charge is 2.42. The van der Waals surface area contributed by atoms with Crippen LogP contribution in [0.15, 0.2) is 23.1 Å². The van der Waals surface area contributed by atoms with E-state index >= 15 is 0 Å². The van der Waals surface area contributed by atoms with Crippen molar-refractivity contribution in [2.45, 2.75) is 64.8 Å². The maximum Gasteiger partial charge on any atom is 0.268 e. The molecule has 0 aromatic heterocycles. The van der Waals surface area contributed by atoms with E-state index in [4.69, 9.17) is 0 Å². The second-order valence-corrected chi connectivity index (χ2v) is 8.66. The third-order valence-corrected chi connectivity index (χ3v) is 6.70. The summed E-state index contributed by atoms with van der Waals surface area (Å²) in [7, 11) is 0. The van der Waals surface area contributed by atoms with E-state index in [1.165, 1.54) is 35.9 Å². The molecule has 0 spiro atoms. The number of imide groups is 1. The molecule has 0 atom stereocenters. The van der Waals surface area contributed by atoms with Crippen LogP contribution >= 0.6 is 11.8 Å². The molecule has 2 amide bonds. The molecule has 1 heterocycles. The lowest BCUT2D eigenvalue weighted by molar-refractivity contribution is -0.139. The molecule has 1 aromatic carbocycles. The second kappa shape index (κ2) is 9.07. The molecule has 1 N–H and O–H groups in total. The Balaban J connectivity index is 1.96. The van der Waals surface area contributed by atoms with Crippen molar-refractivity contribution in [3.05, 3.63) is 39.8 Å². The van der Waals surface area contributed by atoms with Crippen molar-refractivity contribution >= 4 is 29.1 Å². The molecule has 1 saturated carbocycles. The van der Waals surface area contributed by atoms with Gasteiger partial charge in [-0.25, -0.2) is 0 Å². The highest BCUT2D eigenvalue weighted by Crippen LogP contribution is 2.39. The van der Waals surface area contributed by atoms with Crippen LogP contribution in [0.4, 0.5) is 0 Å². The third kappa shape index (κ3) is 4.30. The number of carbonyl (C=O) groups excluding carboxylic acids is 2. The molecule has 146 valence electrons. The monoisotopic (exact) mass is 387 g/mol. The highest BCUT2D eigenvalue weighted by atomic mass is 32.2. The minimum atomic E-state index is -0.169. The zero-order valence-corrected chi connectivity index (χ0v) is 17.1. The largest absolute Gasteiger partial charge is 0.396 e. The summed E-state index contributed by atoms with van der Waals surface area (Å²) in [5.74, 6) is 0.0906. The van der Waals surface area contributed by atoms with Gasteiger partial charge in [0.15, 0.2) is 0 Å². The number of aliphatic hydroxyl groups is 1. The predicted molar refractivity (Wildman–Crippen MR) is 110 cm³/mol. The van der Waals surface area contributed by atoms with Crippen molar-refractivity contribution in [2.24, 2.45) is 0 Å². The number of aryl methyl sites for hydroxylation is 2. The van der Waals surface area contributed by atoms with Crippen molar-refractivity contribution < 1.29 is 14.7 Å². The topological polar surface area (TPSA) is 57.6 Å². The van der Waals surface area contributed by atoms with E-state index < -0.39 is 0 Å². The molecule has 1 aromatic rings. The second-order valence-electron chi connectivity index (χ2n) is 7.55. The average molecular weight is 388 g/mol. The van der Waals surface area contributed by atoms with E-state index in [-0.39, 0.29) is 24.5 Å². The van der Waals surface area contributed by atoms with Gasteiger partial charge in [-0.15, -0.1) is 11.8 Å². The summed E-state index contributed by atoms with van der Waals surface area (Å²) in [6.45, 7) is 4.05. The van der Waals surface area contributed by atoms with Gasteiger partial charge in [0.05, 0.1) is 17.1 Å². The fourth-order valence-electron chi connectivity index (χ4n) is 3.98. The molecule has 0 saturated heterocycles. The lowest BCUT2D eigenvalue weighted by atomic mass is 9.95. The number of rotatable bonds is 5. The molecule has 0 bridgehead atoms. The van der Waals surface area contributed by atoms with E-state index in [2.05, 4.69) is 0 Å². The normalized spacial score (nSPS) is 19.6. The summed E-state index contributed by atoms with van der Waals surface area (Å²) in [5.41, 5.74) is 3.60. The van der Waals surface area contributed by atoms with E-state index in [0.717, 1.165) is 42.4 Å². The minimum Gasteiger partial charge on any atom is -0.396 e. The van der Waals surface area contributed by atoms with Gasteiger partial charge in [-0.05, 0) is 43.4 Å². The lowest BCUT2D eigenvalue weighted by Gasteiger charge is -2.28. The van der Waals surface area contributed by atoms with Crippen LogP contribution in [0.5, 0.6) is 0 Å². The molecule has 4 nitrogen and oxygen atoms in total. The van der Waals surface area contributed by atoms with Crippen LogP contribution in [0.25, 0.3) is 5.57 Å². The van der Waals surface area contributed by atoms with Gasteiger partial charge in [0.1, 0.15) is 0 Å². The molecule has 1 aliphatic carbocycles. The van der Waals surface area contributed by atoms with Crippen molar-refractivity contribution in [2.75, 3.05) is 12.4 Å². The zero-order chi connectivity index (χ0) is 19.4. The summed E-state index contributed by atoms with van der Waals surface area (Å²) in [6.07, 6.45) is 7.54. The summed E-state index contributed by atoms with van der Waals surface area (Å²) in [4.78, 5) is 28.6. The Hall–Kier alpha value is -1.59. The van der Waals surface area contributed by atoms with Gasteiger partial charge < -0.3 is 5.11 Å². The number of aliphatic hydroxyl groups excluding tert-OH is 1. The lowest BCUT2D eigenvalue weighted by Crippen LogP contribution is -2.41. The van der Waals surface area contributed by atoms with Crippen molar-refractivity contribution in [1.82, 2.24) is 4.90 Å². The van der Waals surface area contributed by atoms with Gasteiger partial charge in [-0.3, -0.25) is 14.5 Å². The number of carbonyl (C=O) groups is 2. The zero-order valence-electron chi connectivity index (χ0n) is 16.3. The van der Waals surface area contributed by atoms with Gasteiger partial charge in [0.25, 0.3) is 11.8 Å². The van der Waals surface area contributed by atoms with Crippen LogP contribution in [0.3, 0.4) is 0 Å². The standard InChI is InChI=1S/C22H29NO3S/c1-15-10-11-17(14-16(15)2)19-20(27-13-12-24)22(26)23(21(19)25)18-8-6-4-3-5-7-9-18/h10-11,14,18,24H,3-9,12-13H2,1-2H3. The number of thioether (sulfide) groups is 1. The molecule has 0 radical (unpaired) electrons. The first-order valence-electron chi connectivity index (χ1n) is 9.98. The van der Waals surface area contributed by atoms with E-state index in [0.29, 0.717) is 16.2 Å². The molecular weight excluding hydrogens is 358 g/mol. The van der Waals surface area contributed by atoms with Crippen LogP contribution in [0, 0.1) is 13.8 Å². The Morgan fingerprint density at radius 1 is 1.00 bits per heavy atom. The average Bonchev–Trinajstić information content (AvgIpc) is 2.86. The fraction of sp³-hybridized carbons (Fsp3) is 0.545. The van der Waals surface area contributed by atoms with E-state index in [1.54, 1.807) is 0 Å². The summed E-state index contributed by atoms with van der Waals surface area (Å²) in [5, 5.41) is 9.25. The molecule has 2 aliphatic rings. The highest BCUT2D eigenvalue weighted by molar-refractivity contribution is 8.04. The first kappa shape index (κ1) is 20.2. The molecule has 27 heavy (non-hydrogen) atoms. The van der Waals surface area contributed by atoms with Crippen LogP contribution in [0.2, 0.25) is 0 Å². The van der Waals surface area contributed by atoms with Crippen molar-refractivity contribution in [1.29, 1.82) is 0 Å². The summed E-state index contributed by atoms with van der Waals surface area (Å²) in [6, 6.07) is 5.93. The Kier molecular flexibility index (Phi) is 6.77. The number of amides is 2. The molecule has 0 unspecified atom stereocenters. The molecule has 5 heteroatoms. The van der Waals surface area contributed by atoms with Gasteiger partial charge in [0, 0.05) is 11.8 Å². The Labute approximate surface area is 166 Å². The van der Waals surface area contributed by atoms with E-state index in [1.807, 2.05) is 32.0 Å². The van der Waals surface area contributed by atoms with Crippen molar-refractivity contribution in [3.8, 4) is 0 Å². The smallest absolute Gasteiger partial charge is 0.268 e. The van der Waals surface area contributed by atoms with Crippen LogP contribution in [-0.4, -0.2) is 40.2 Å². The van der Waals surface area contributed by atoms with E-state index in [9.17, 15) is 14.7 Å². The molecular formula is C22H29NO3S. The van der Waals surface area contributed by atoms with Crippen LogP contribution in [0.1, 0.15) is 61.6 Å². The van der Waals surface area contributed by atoms with Crippen LogP contribution < -0.4 is 0 Å². The number of hydrogen-bond donors (Lipinski definition) is 1.